The van der Waals surface area contributed by atoms with E-state index < -0.39 is 0 Å². The Balaban J connectivity index is 3.54. The Kier molecular flexibility index (Phi) is 10.9. The first-order valence-corrected chi connectivity index (χ1v) is 9.73. The fourth-order valence-corrected chi connectivity index (χ4v) is 2.58. The average Bonchev–Trinajstić information content (AvgIpc) is 2.44. The van der Waals surface area contributed by atoms with Crippen molar-refractivity contribution in [3.8, 4) is 0 Å². The van der Waals surface area contributed by atoms with Gasteiger partial charge >= 0.3 is 0 Å². The predicted octanol–water partition coefficient (Wildman–Crippen LogP) is 4.84. The molecule has 0 heterocycles. The summed E-state index contributed by atoms with van der Waals surface area (Å²) in [5.74, 6) is 0.457. The van der Waals surface area contributed by atoms with Gasteiger partial charge in [-0.1, -0.05) is 60.8 Å². The molecular weight excluding hydrogens is 314 g/mol. The molecule has 0 aromatic rings. The van der Waals surface area contributed by atoms with Gasteiger partial charge in [0, 0.05) is 37.6 Å². The second-order valence-electron chi connectivity index (χ2n) is 9.32. The summed E-state index contributed by atoms with van der Waals surface area (Å²) in [5, 5.41) is 2.88. The number of hydrogen-bond donors (Lipinski definition) is 1. The minimum absolute atomic E-state index is 0.0367. The molecule has 0 aliphatic carbocycles. The molecule has 1 amide bonds. The quantitative estimate of drug-likeness (QED) is 0.510. The van der Waals surface area contributed by atoms with E-state index in [0.29, 0.717) is 31.6 Å². The monoisotopic (exact) mass is 353 g/mol. The van der Waals surface area contributed by atoms with E-state index in [1.54, 1.807) is 0 Å². The van der Waals surface area contributed by atoms with Crippen molar-refractivity contribution in [3.05, 3.63) is 0 Å². The number of carbonyl (C=O) groups is 3. The number of rotatable bonds is 12. The fourth-order valence-electron chi connectivity index (χ4n) is 2.58. The molecule has 4 nitrogen and oxygen atoms in total. The lowest BCUT2D eigenvalue weighted by Crippen LogP contribution is -2.27. The van der Waals surface area contributed by atoms with Crippen LogP contribution < -0.4 is 5.32 Å². The molecule has 0 aromatic carbocycles. The molecule has 0 saturated carbocycles. The minimum Gasteiger partial charge on any atom is -0.356 e. The van der Waals surface area contributed by atoms with Gasteiger partial charge in [-0.05, 0) is 18.3 Å². The topological polar surface area (TPSA) is 63.2 Å². The number of unbranched alkanes of at least 4 members (excludes halogenated alkanes) is 4. The van der Waals surface area contributed by atoms with Crippen LogP contribution in [0.5, 0.6) is 0 Å². The Hall–Kier alpha value is -1.19. The zero-order valence-electron chi connectivity index (χ0n) is 17.3. The van der Waals surface area contributed by atoms with Gasteiger partial charge < -0.3 is 5.32 Å². The van der Waals surface area contributed by atoms with Crippen LogP contribution >= 0.6 is 0 Å². The molecule has 4 heteroatoms. The van der Waals surface area contributed by atoms with Gasteiger partial charge in [0.25, 0.3) is 0 Å². The summed E-state index contributed by atoms with van der Waals surface area (Å²) in [5.41, 5.74) is -0.276. The molecule has 0 aliphatic heterocycles. The van der Waals surface area contributed by atoms with Gasteiger partial charge in [-0.15, -0.1) is 0 Å². The Morgan fingerprint density at radius 2 is 1.28 bits per heavy atom. The van der Waals surface area contributed by atoms with Crippen molar-refractivity contribution < 1.29 is 14.4 Å². The van der Waals surface area contributed by atoms with E-state index in [9.17, 15) is 14.4 Å². The van der Waals surface area contributed by atoms with Crippen molar-refractivity contribution in [1.82, 2.24) is 5.32 Å². The number of nitrogens with one attached hydrogen (secondary N) is 1. The lowest BCUT2D eigenvalue weighted by molar-refractivity contribution is -0.129. The molecule has 0 rings (SSSR count). The molecule has 0 bridgehead atoms. The van der Waals surface area contributed by atoms with Gasteiger partial charge in [0.15, 0.2) is 0 Å². The van der Waals surface area contributed by atoms with Crippen LogP contribution in [0, 0.1) is 10.8 Å². The summed E-state index contributed by atoms with van der Waals surface area (Å²) in [6.45, 7) is 12.6. The zero-order valence-corrected chi connectivity index (χ0v) is 17.3. The first-order valence-electron chi connectivity index (χ1n) is 9.73. The van der Waals surface area contributed by atoms with E-state index in [1.165, 1.54) is 0 Å². The van der Waals surface area contributed by atoms with E-state index >= 15 is 0 Å². The molecule has 0 atom stereocenters. The van der Waals surface area contributed by atoms with Crippen LogP contribution in [-0.2, 0) is 14.4 Å². The molecule has 0 fully saturated rings. The second kappa shape index (κ2) is 11.4. The Morgan fingerprint density at radius 3 is 1.84 bits per heavy atom. The van der Waals surface area contributed by atoms with E-state index in [-0.39, 0.29) is 28.9 Å². The van der Waals surface area contributed by atoms with Gasteiger partial charge in [0.05, 0.1) is 0 Å². The second-order valence-corrected chi connectivity index (χ2v) is 9.32. The van der Waals surface area contributed by atoms with Gasteiger partial charge in [0.1, 0.15) is 11.6 Å². The third kappa shape index (κ3) is 14.8. The molecule has 0 aliphatic rings. The number of ketones is 2. The van der Waals surface area contributed by atoms with Gasteiger partial charge in [0.2, 0.25) is 5.91 Å². The summed E-state index contributed by atoms with van der Waals surface area (Å²) in [6.07, 6.45) is 7.11. The normalized spacial score (nSPS) is 12.1. The molecular formula is C21H39NO3. The van der Waals surface area contributed by atoms with Crippen molar-refractivity contribution >= 4 is 17.5 Å². The maximum absolute atomic E-state index is 11.8. The van der Waals surface area contributed by atoms with Crippen molar-refractivity contribution in [2.24, 2.45) is 10.8 Å². The van der Waals surface area contributed by atoms with Gasteiger partial charge in [-0.2, -0.15) is 0 Å². The summed E-state index contributed by atoms with van der Waals surface area (Å²) in [6, 6.07) is 0. The van der Waals surface area contributed by atoms with Gasteiger partial charge in [-0.25, -0.2) is 0 Å². The van der Waals surface area contributed by atoms with Crippen molar-refractivity contribution in [2.45, 2.75) is 99.3 Å². The Morgan fingerprint density at radius 1 is 0.720 bits per heavy atom. The predicted molar refractivity (Wildman–Crippen MR) is 103 cm³/mol. The van der Waals surface area contributed by atoms with E-state index in [0.717, 1.165) is 32.1 Å². The van der Waals surface area contributed by atoms with Crippen LogP contribution in [0.25, 0.3) is 0 Å². The Bertz CT molecular complexity index is 427. The molecule has 0 aromatic heterocycles. The van der Waals surface area contributed by atoms with Crippen molar-refractivity contribution in [1.29, 1.82) is 0 Å². The maximum Gasteiger partial charge on any atom is 0.220 e. The Labute approximate surface area is 154 Å². The molecule has 0 radical (unpaired) electrons. The summed E-state index contributed by atoms with van der Waals surface area (Å²) < 4.78 is 0. The smallest absolute Gasteiger partial charge is 0.220 e. The first-order chi connectivity index (χ1) is 11.4. The molecule has 0 saturated heterocycles. The number of amides is 1. The standard InChI is InChI=1S/C21H39NO3/c1-20(2,3)16-17(23)12-10-8-7-9-11-15-22-19(25)14-13-18(24)21(4,5)6/h7-16H2,1-6H3,(H,22,25). The van der Waals surface area contributed by atoms with E-state index in [2.05, 4.69) is 26.1 Å². The van der Waals surface area contributed by atoms with Gasteiger partial charge in [-0.3, -0.25) is 14.4 Å². The number of Topliss-reactive ketones (excluding diaryl/α,β-unsaturated/α-hetero) is 2. The lowest BCUT2D eigenvalue weighted by atomic mass is 9.88. The summed E-state index contributed by atoms with van der Waals surface area (Å²) in [4.78, 5) is 35.2. The largest absolute Gasteiger partial charge is 0.356 e. The summed E-state index contributed by atoms with van der Waals surface area (Å²) >= 11 is 0. The number of hydrogen-bond acceptors (Lipinski definition) is 3. The van der Waals surface area contributed by atoms with Crippen LogP contribution in [0.2, 0.25) is 0 Å². The van der Waals surface area contributed by atoms with E-state index in [4.69, 9.17) is 0 Å². The first kappa shape index (κ1) is 23.8. The SMILES string of the molecule is CC(C)(C)CC(=O)CCCCCCCNC(=O)CCC(=O)C(C)(C)C. The molecule has 146 valence electrons. The van der Waals surface area contributed by atoms with Crippen LogP contribution in [0.4, 0.5) is 0 Å². The van der Waals surface area contributed by atoms with Crippen LogP contribution in [0.15, 0.2) is 0 Å². The van der Waals surface area contributed by atoms with Crippen molar-refractivity contribution in [3.63, 3.8) is 0 Å². The number of carbonyl (C=O) groups excluding carboxylic acids is 3. The van der Waals surface area contributed by atoms with Crippen LogP contribution in [-0.4, -0.2) is 24.0 Å². The third-order valence-electron chi connectivity index (χ3n) is 4.10. The zero-order chi connectivity index (χ0) is 19.5. The van der Waals surface area contributed by atoms with Crippen LogP contribution in [0.1, 0.15) is 99.3 Å². The minimum atomic E-state index is -0.367. The maximum atomic E-state index is 11.8. The molecule has 25 heavy (non-hydrogen) atoms. The molecule has 0 spiro atoms. The third-order valence-corrected chi connectivity index (χ3v) is 4.10. The summed E-state index contributed by atoms with van der Waals surface area (Å²) in [7, 11) is 0. The van der Waals surface area contributed by atoms with Crippen LogP contribution in [0.3, 0.4) is 0 Å². The average molecular weight is 354 g/mol. The lowest BCUT2D eigenvalue weighted by Gasteiger charge is -2.16. The highest BCUT2D eigenvalue weighted by Crippen LogP contribution is 2.20. The van der Waals surface area contributed by atoms with Crippen molar-refractivity contribution in [2.75, 3.05) is 6.54 Å². The highest BCUT2D eigenvalue weighted by Gasteiger charge is 2.21. The fraction of sp³-hybridized carbons (Fsp3) is 0.857. The highest BCUT2D eigenvalue weighted by atomic mass is 16.2. The van der Waals surface area contributed by atoms with E-state index in [1.807, 2.05) is 20.8 Å². The molecule has 1 N–H and O–H groups in total. The molecule has 0 unspecified atom stereocenters. The highest BCUT2D eigenvalue weighted by molar-refractivity contribution is 5.88.